The molecule has 0 bridgehead atoms. The second kappa shape index (κ2) is 4.64. The van der Waals surface area contributed by atoms with Crippen LogP contribution >= 0.6 is 11.3 Å². The number of anilines is 1. The predicted octanol–water partition coefficient (Wildman–Crippen LogP) is 1.92. The number of thiazole rings is 1. The second-order valence-corrected chi connectivity index (χ2v) is 5.05. The predicted molar refractivity (Wildman–Crippen MR) is 75.8 cm³/mol. The van der Waals surface area contributed by atoms with Gasteiger partial charge in [0.25, 0.3) is 0 Å². The van der Waals surface area contributed by atoms with Gasteiger partial charge in [0, 0.05) is 6.92 Å². The molecule has 3 rings (SSSR count). The van der Waals surface area contributed by atoms with Gasteiger partial charge in [-0.05, 0) is 12.1 Å². The lowest BCUT2D eigenvalue weighted by atomic mass is 10.3. The van der Waals surface area contributed by atoms with Gasteiger partial charge >= 0.3 is 0 Å². The van der Waals surface area contributed by atoms with Crippen molar-refractivity contribution in [3.8, 4) is 11.5 Å². The monoisotopic (exact) mass is 292 g/mol. The third-order valence-corrected chi connectivity index (χ3v) is 3.88. The van der Waals surface area contributed by atoms with Crippen molar-refractivity contribution in [2.45, 2.75) is 6.92 Å². The van der Waals surface area contributed by atoms with E-state index in [9.17, 15) is 4.79 Å². The molecule has 0 aliphatic heterocycles. The first-order valence-electron chi connectivity index (χ1n) is 5.82. The molecule has 0 radical (unpaired) electrons. The van der Waals surface area contributed by atoms with Gasteiger partial charge < -0.3 is 9.47 Å². The fraction of sp³-hybridized carbons (Fsp3) is 0.250. The number of hydrogen-bond acceptors (Lipinski definition) is 6. The maximum atomic E-state index is 11.2. The van der Waals surface area contributed by atoms with E-state index >= 15 is 0 Å². The van der Waals surface area contributed by atoms with Crippen molar-refractivity contribution >= 4 is 38.4 Å². The normalized spacial score (nSPS) is 10.9. The fourth-order valence-corrected chi connectivity index (χ4v) is 3.11. The van der Waals surface area contributed by atoms with Gasteiger partial charge in [-0.25, -0.2) is 4.40 Å². The van der Waals surface area contributed by atoms with Gasteiger partial charge in [0.05, 0.1) is 14.2 Å². The number of amides is 1. The van der Waals surface area contributed by atoms with Crippen LogP contribution in [0.2, 0.25) is 0 Å². The number of aromatic nitrogens is 3. The Balaban J connectivity index is 2.39. The Morgan fingerprint density at radius 2 is 1.95 bits per heavy atom. The van der Waals surface area contributed by atoms with Crippen molar-refractivity contribution in [2.75, 3.05) is 19.5 Å². The van der Waals surface area contributed by atoms with Gasteiger partial charge in [-0.3, -0.25) is 10.1 Å². The largest absolute Gasteiger partial charge is 0.495 e. The molecule has 3 aromatic rings. The van der Waals surface area contributed by atoms with Crippen molar-refractivity contribution in [1.29, 1.82) is 0 Å². The van der Waals surface area contributed by atoms with Gasteiger partial charge in [-0.1, -0.05) is 11.3 Å². The lowest BCUT2D eigenvalue weighted by molar-refractivity contribution is -0.114. The number of nitrogens with zero attached hydrogens (tertiary/aromatic N) is 3. The molecular weight excluding hydrogens is 280 g/mol. The van der Waals surface area contributed by atoms with E-state index in [0.717, 1.165) is 16.0 Å². The van der Waals surface area contributed by atoms with Crippen LogP contribution in [0.1, 0.15) is 6.92 Å². The summed E-state index contributed by atoms with van der Waals surface area (Å²) in [5.74, 6) is 1.55. The van der Waals surface area contributed by atoms with Crippen molar-refractivity contribution in [2.24, 2.45) is 0 Å². The Labute approximate surface area is 118 Å². The molecule has 0 saturated heterocycles. The van der Waals surface area contributed by atoms with Crippen LogP contribution in [0.15, 0.2) is 12.1 Å². The van der Waals surface area contributed by atoms with Crippen LogP contribution in [0, 0.1) is 0 Å². The van der Waals surface area contributed by atoms with Crippen molar-refractivity contribution < 1.29 is 14.3 Å². The Hall–Kier alpha value is -2.35. The van der Waals surface area contributed by atoms with Crippen LogP contribution in [0.4, 0.5) is 5.95 Å². The Bertz CT molecular complexity index is 808. The molecule has 0 saturated carbocycles. The summed E-state index contributed by atoms with van der Waals surface area (Å²) in [4.78, 5) is 11.9. The number of carbonyl (C=O) groups is 1. The number of carbonyl (C=O) groups excluding carboxylic acids is 1. The fourth-order valence-electron chi connectivity index (χ4n) is 2.04. The molecule has 0 fully saturated rings. The highest BCUT2D eigenvalue weighted by Crippen LogP contribution is 2.39. The maximum Gasteiger partial charge on any atom is 0.237 e. The molecule has 20 heavy (non-hydrogen) atoms. The Morgan fingerprint density at radius 3 is 2.60 bits per heavy atom. The minimum Gasteiger partial charge on any atom is -0.495 e. The number of ether oxygens (including phenoxy) is 2. The molecule has 104 valence electrons. The lowest BCUT2D eigenvalue weighted by Crippen LogP contribution is -2.09. The van der Waals surface area contributed by atoms with Crippen LogP contribution in [-0.4, -0.2) is 34.7 Å². The molecule has 8 heteroatoms. The van der Waals surface area contributed by atoms with E-state index in [2.05, 4.69) is 15.5 Å². The summed E-state index contributed by atoms with van der Waals surface area (Å²) in [7, 11) is 3.20. The van der Waals surface area contributed by atoms with Gasteiger partial charge in [-0.2, -0.15) is 0 Å². The summed E-state index contributed by atoms with van der Waals surface area (Å²) in [5.41, 5.74) is 0.778. The first-order chi connectivity index (χ1) is 9.65. The number of methoxy groups -OCH3 is 2. The van der Waals surface area contributed by atoms with Crippen LogP contribution in [0.25, 0.3) is 15.2 Å². The summed E-state index contributed by atoms with van der Waals surface area (Å²) in [6.07, 6.45) is 0. The average Bonchev–Trinajstić information content (AvgIpc) is 2.97. The van der Waals surface area contributed by atoms with Crippen molar-refractivity contribution in [1.82, 2.24) is 14.6 Å². The van der Waals surface area contributed by atoms with E-state index in [1.54, 1.807) is 18.6 Å². The number of rotatable bonds is 3. The van der Waals surface area contributed by atoms with E-state index in [1.165, 1.54) is 18.3 Å². The first-order valence-corrected chi connectivity index (χ1v) is 6.63. The standard InChI is InChI=1S/C12H12N4O3S/c1-6(17)13-11-14-15-12-16(11)9-7(18-2)4-5-8(19-3)10(9)20-12/h4-5H,1-3H3,(H,13,14,17). The van der Waals surface area contributed by atoms with Crippen LogP contribution in [0.3, 0.4) is 0 Å². The molecule has 0 atom stereocenters. The van der Waals surface area contributed by atoms with Gasteiger partial charge in [0.15, 0.2) is 0 Å². The zero-order valence-corrected chi connectivity index (χ0v) is 11.9. The minimum atomic E-state index is -0.208. The third kappa shape index (κ3) is 1.76. The summed E-state index contributed by atoms with van der Waals surface area (Å²) in [6, 6.07) is 3.65. The third-order valence-electron chi connectivity index (χ3n) is 2.84. The number of nitrogens with one attached hydrogen (secondary N) is 1. The van der Waals surface area contributed by atoms with Gasteiger partial charge in [0.1, 0.15) is 21.7 Å². The summed E-state index contributed by atoms with van der Waals surface area (Å²) in [6.45, 7) is 1.42. The molecule has 1 amide bonds. The van der Waals surface area contributed by atoms with Gasteiger partial charge in [-0.15, -0.1) is 10.2 Å². The summed E-state index contributed by atoms with van der Waals surface area (Å²) >= 11 is 1.42. The van der Waals surface area contributed by atoms with E-state index in [-0.39, 0.29) is 5.91 Å². The molecule has 0 spiro atoms. The van der Waals surface area contributed by atoms with Crippen LogP contribution in [0.5, 0.6) is 11.5 Å². The molecule has 2 heterocycles. The minimum absolute atomic E-state index is 0.208. The quantitative estimate of drug-likeness (QED) is 0.798. The number of fused-ring (bicyclic) bond motifs is 3. The molecule has 0 unspecified atom stereocenters. The Morgan fingerprint density at radius 1 is 1.25 bits per heavy atom. The van der Waals surface area contributed by atoms with Crippen LogP contribution < -0.4 is 14.8 Å². The highest BCUT2D eigenvalue weighted by Gasteiger charge is 2.19. The molecule has 0 aliphatic carbocycles. The maximum absolute atomic E-state index is 11.2. The zero-order chi connectivity index (χ0) is 14.3. The highest BCUT2D eigenvalue weighted by molar-refractivity contribution is 7.24. The van der Waals surface area contributed by atoms with E-state index < -0.39 is 0 Å². The topological polar surface area (TPSA) is 77.8 Å². The molecular formula is C12H12N4O3S. The van der Waals surface area contributed by atoms with Crippen LogP contribution in [-0.2, 0) is 4.79 Å². The first kappa shape index (κ1) is 12.7. The Kier molecular flexibility index (Phi) is 2.94. The molecule has 1 N–H and O–H groups in total. The van der Waals surface area contributed by atoms with E-state index in [4.69, 9.17) is 9.47 Å². The average molecular weight is 292 g/mol. The zero-order valence-electron chi connectivity index (χ0n) is 11.1. The summed E-state index contributed by atoms with van der Waals surface area (Å²) in [5, 5.41) is 10.7. The highest BCUT2D eigenvalue weighted by atomic mass is 32.1. The van der Waals surface area contributed by atoms with Gasteiger partial charge in [0.2, 0.25) is 16.8 Å². The number of benzene rings is 1. The van der Waals surface area contributed by atoms with E-state index in [1.807, 2.05) is 12.1 Å². The van der Waals surface area contributed by atoms with E-state index in [0.29, 0.717) is 16.7 Å². The molecule has 7 nitrogen and oxygen atoms in total. The van der Waals surface area contributed by atoms with Crippen molar-refractivity contribution in [3.05, 3.63) is 12.1 Å². The molecule has 0 aliphatic rings. The second-order valence-electron chi connectivity index (χ2n) is 4.07. The lowest BCUT2D eigenvalue weighted by Gasteiger charge is -2.07. The van der Waals surface area contributed by atoms with Crippen molar-refractivity contribution in [3.63, 3.8) is 0 Å². The number of hydrogen-bond donors (Lipinski definition) is 1. The molecule has 2 aromatic heterocycles. The summed E-state index contributed by atoms with van der Waals surface area (Å²) < 4.78 is 13.4. The SMILES string of the molecule is COc1ccc(OC)c2c1sc1nnc(NC(C)=O)n12. The molecule has 1 aromatic carbocycles. The smallest absolute Gasteiger partial charge is 0.237 e.